The van der Waals surface area contributed by atoms with Gasteiger partial charge in [0, 0.05) is 6.54 Å². The van der Waals surface area contributed by atoms with Crippen LogP contribution in [-0.4, -0.2) is 49.4 Å². The van der Waals surface area contributed by atoms with Crippen LogP contribution in [0.1, 0.15) is 6.42 Å². The molecule has 0 aromatic carbocycles. The zero-order valence-electron chi connectivity index (χ0n) is 8.52. The number of aliphatic imine (C=N–C) groups is 1. The van der Waals surface area contributed by atoms with Gasteiger partial charge in [-0.2, -0.15) is 0 Å². The van der Waals surface area contributed by atoms with E-state index in [0.717, 1.165) is 0 Å². The molecule has 0 amide bonds. The van der Waals surface area contributed by atoms with Crippen molar-refractivity contribution in [3.05, 3.63) is 12.7 Å². The first-order chi connectivity index (χ1) is 6.99. The van der Waals surface area contributed by atoms with Crippen molar-refractivity contribution in [2.45, 2.75) is 12.0 Å². The minimum atomic E-state index is -2.92. The van der Waals surface area contributed by atoms with E-state index in [1.54, 1.807) is 6.08 Å². The molecule has 1 spiro atoms. The van der Waals surface area contributed by atoms with Crippen molar-refractivity contribution < 1.29 is 8.42 Å². The zero-order valence-corrected chi connectivity index (χ0v) is 9.33. The molecular formula is C9H15N3O2S. The molecule has 6 heteroatoms. The van der Waals surface area contributed by atoms with Gasteiger partial charge < -0.3 is 10.6 Å². The van der Waals surface area contributed by atoms with E-state index < -0.39 is 15.4 Å². The molecule has 84 valence electrons. The summed E-state index contributed by atoms with van der Waals surface area (Å²) in [5, 5.41) is 0. The van der Waals surface area contributed by atoms with Crippen molar-refractivity contribution in [2.75, 3.05) is 24.6 Å². The maximum atomic E-state index is 11.5. The van der Waals surface area contributed by atoms with Crippen LogP contribution in [0.5, 0.6) is 0 Å². The van der Waals surface area contributed by atoms with Crippen LogP contribution in [-0.2, 0) is 9.84 Å². The summed E-state index contributed by atoms with van der Waals surface area (Å²) in [6.07, 6.45) is 2.34. The molecule has 1 fully saturated rings. The molecule has 2 rings (SSSR count). The predicted molar refractivity (Wildman–Crippen MR) is 59.4 cm³/mol. The molecule has 0 saturated carbocycles. The highest BCUT2D eigenvalue weighted by atomic mass is 32.2. The van der Waals surface area contributed by atoms with E-state index in [4.69, 9.17) is 5.73 Å². The van der Waals surface area contributed by atoms with Gasteiger partial charge in [0.2, 0.25) is 0 Å². The monoisotopic (exact) mass is 229 g/mol. The third-order valence-electron chi connectivity index (χ3n) is 3.06. The lowest BCUT2D eigenvalue weighted by molar-refractivity contribution is 0.248. The molecule has 2 aliphatic rings. The smallest absolute Gasteiger partial charge is 0.192 e. The van der Waals surface area contributed by atoms with Gasteiger partial charge in [-0.1, -0.05) is 6.08 Å². The number of hydrogen-bond acceptors (Lipinski definition) is 5. The Balaban J connectivity index is 2.27. The summed E-state index contributed by atoms with van der Waals surface area (Å²) in [5.74, 6) is 0.841. The number of hydrogen-bond donors (Lipinski definition) is 1. The van der Waals surface area contributed by atoms with Crippen molar-refractivity contribution in [1.29, 1.82) is 0 Å². The number of nitrogens with zero attached hydrogens (tertiary/aromatic N) is 2. The van der Waals surface area contributed by atoms with Crippen molar-refractivity contribution >= 4 is 15.8 Å². The van der Waals surface area contributed by atoms with Gasteiger partial charge in [-0.25, -0.2) is 8.42 Å². The van der Waals surface area contributed by atoms with Crippen LogP contribution in [0.25, 0.3) is 0 Å². The van der Waals surface area contributed by atoms with Gasteiger partial charge in [0.15, 0.2) is 15.8 Å². The fourth-order valence-electron chi connectivity index (χ4n) is 2.29. The third kappa shape index (κ3) is 1.62. The van der Waals surface area contributed by atoms with Crippen molar-refractivity contribution in [1.82, 2.24) is 4.90 Å². The molecule has 5 nitrogen and oxygen atoms in total. The minimum Gasteiger partial charge on any atom is -0.370 e. The lowest BCUT2D eigenvalue weighted by Gasteiger charge is -2.33. The van der Waals surface area contributed by atoms with Gasteiger partial charge in [-0.05, 0) is 6.42 Å². The van der Waals surface area contributed by atoms with Gasteiger partial charge in [0.1, 0.15) is 0 Å². The van der Waals surface area contributed by atoms with Crippen LogP contribution in [0.3, 0.4) is 0 Å². The number of guanidine groups is 1. The Labute approximate surface area is 89.6 Å². The Morgan fingerprint density at radius 1 is 1.67 bits per heavy atom. The second kappa shape index (κ2) is 3.23. The Morgan fingerprint density at radius 3 is 2.93 bits per heavy atom. The summed E-state index contributed by atoms with van der Waals surface area (Å²) >= 11 is 0. The molecule has 1 unspecified atom stereocenters. The maximum Gasteiger partial charge on any atom is 0.192 e. The first-order valence-electron chi connectivity index (χ1n) is 4.88. The minimum absolute atomic E-state index is 0.165. The topological polar surface area (TPSA) is 75.8 Å². The fraction of sp³-hybridized carbons (Fsp3) is 0.667. The van der Waals surface area contributed by atoms with Crippen LogP contribution >= 0.6 is 0 Å². The predicted octanol–water partition coefficient (Wildman–Crippen LogP) is -0.640. The fourth-order valence-corrected chi connectivity index (χ4v) is 4.34. The highest BCUT2D eigenvalue weighted by Crippen LogP contribution is 2.33. The molecule has 0 aromatic rings. The summed E-state index contributed by atoms with van der Waals surface area (Å²) in [6, 6.07) is 0. The SMILES string of the molecule is C=CCN1C(N)=NCC12CCS(=O)(=O)C2. The molecule has 2 heterocycles. The zero-order chi connectivity index (χ0) is 11.1. The summed E-state index contributed by atoms with van der Waals surface area (Å²) in [6.45, 7) is 4.70. The average molecular weight is 229 g/mol. The summed E-state index contributed by atoms with van der Waals surface area (Å²) in [7, 11) is -2.92. The first kappa shape index (κ1) is 10.5. The van der Waals surface area contributed by atoms with Crippen molar-refractivity contribution in [2.24, 2.45) is 10.7 Å². The molecule has 2 N–H and O–H groups in total. The quantitative estimate of drug-likeness (QED) is 0.639. The Hall–Kier alpha value is -1.04. The second-order valence-corrected chi connectivity index (χ2v) is 6.32. The van der Waals surface area contributed by atoms with Crippen molar-refractivity contribution in [3.8, 4) is 0 Å². The maximum absolute atomic E-state index is 11.5. The lowest BCUT2D eigenvalue weighted by atomic mass is 9.98. The summed E-state index contributed by atoms with van der Waals surface area (Å²) in [4.78, 5) is 6.01. The van der Waals surface area contributed by atoms with Gasteiger partial charge >= 0.3 is 0 Å². The van der Waals surface area contributed by atoms with Crippen LogP contribution in [0.2, 0.25) is 0 Å². The van der Waals surface area contributed by atoms with E-state index in [-0.39, 0.29) is 11.5 Å². The van der Waals surface area contributed by atoms with Gasteiger partial charge in [0.25, 0.3) is 0 Å². The molecule has 1 saturated heterocycles. The lowest BCUT2D eigenvalue weighted by Crippen LogP contribution is -2.52. The molecule has 0 radical (unpaired) electrons. The molecule has 0 aromatic heterocycles. The largest absolute Gasteiger partial charge is 0.370 e. The average Bonchev–Trinajstić information content (AvgIpc) is 2.61. The van der Waals surface area contributed by atoms with Crippen LogP contribution in [0.4, 0.5) is 0 Å². The Kier molecular flexibility index (Phi) is 2.26. The molecule has 15 heavy (non-hydrogen) atoms. The normalized spacial score (nSPS) is 33.3. The number of rotatable bonds is 2. The highest BCUT2D eigenvalue weighted by Gasteiger charge is 2.49. The molecule has 0 bridgehead atoms. The Bertz CT molecular complexity index is 415. The number of sulfone groups is 1. The van der Waals surface area contributed by atoms with E-state index >= 15 is 0 Å². The van der Waals surface area contributed by atoms with Gasteiger partial charge in [0.05, 0.1) is 23.6 Å². The van der Waals surface area contributed by atoms with Crippen LogP contribution < -0.4 is 5.73 Å². The standard InChI is InChI=1S/C9H15N3O2S/c1-2-4-12-8(10)11-6-9(12)3-5-15(13,14)7-9/h2H,1,3-7H2,(H2,10,11). The van der Waals surface area contributed by atoms with E-state index in [1.807, 2.05) is 4.90 Å². The highest BCUT2D eigenvalue weighted by molar-refractivity contribution is 7.91. The van der Waals surface area contributed by atoms with Gasteiger partial charge in [-0.3, -0.25) is 4.99 Å². The third-order valence-corrected chi connectivity index (χ3v) is 4.87. The number of nitrogens with two attached hydrogens (primary N) is 1. The molecule has 2 aliphatic heterocycles. The molecule has 1 atom stereocenters. The second-order valence-electron chi connectivity index (χ2n) is 4.14. The van der Waals surface area contributed by atoms with E-state index in [0.29, 0.717) is 25.5 Å². The van der Waals surface area contributed by atoms with Crippen molar-refractivity contribution in [3.63, 3.8) is 0 Å². The Morgan fingerprint density at radius 2 is 2.40 bits per heavy atom. The summed E-state index contributed by atoms with van der Waals surface area (Å²) < 4.78 is 23.0. The van der Waals surface area contributed by atoms with E-state index in [9.17, 15) is 8.42 Å². The molecular weight excluding hydrogens is 214 g/mol. The van der Waals surface area contributed by atoms with E-state index in [2.05, 4.69) is 11.6 Å². The van der Waals surface area contributed by atoms with Gasteiger partial charge in [-0.15, -0.1) is 6.58 Å². The van der Waals surface area contributed by atoms with E-state index in [1.165, 1.54) is 0 Å². The first-order valence-corrected chi connectivity index (χ1v) is 6.70. The van der Waals surface area contributed by atoms with Crippen LogP contribution in [0, 0.1) is 0 Å². The van der Waals surface area contributed by atoms with Crippen LogP contribution in [0.15, 0.2) is 17.6 Å². The molecule has 0 aliphatic carbocycles. The summed E-state index contributed by atoms with van der Waals surface area (Å²) in [5.41, 5.74) is 5.35.